The van der Waals surface area contributed by atoms with Crippen LogP contribution in [0.1, 0.15) is 39.2 Å². The monoisotopic (exact) mass is 367 g/mol. The van der Waals surface area contributed by atoms with Crippen LogP contribution >= 0.6 is 0 Å². The minimum Gasteiger partial charge on any atom is -0.494 e. The number of aliphatic hydroxyl groups is 1. The summed E-state index contributed by atoms with van der Waals surface area (Å²) in [6, 6.07) is 4.99. The Morgan fingerprint density at radius 3 is 2.65 bits per heavy atom. The van der Waals surface area contributed by atoms with Crippen molar-refractivity contribution < 1.29 is 14.2 Å². The molecule has 0 spiro atoms. The lowest BCUT2D eigenvalue weighted by atomic mass is 9.94. The van der Waals surface area contributed by atoms with Gasteiger partial charge in [0.2, 0.25) is 0 Å². The van der Waals surface area contributed by atoms with Crippen molar-refractivity contribution in [3.63, 3.8) is 0 Å². The van der Waals surface area contributed by atoms with E-state index in [1.807, 2.05) is 24.9 Å². The molecule has 0 fully saturated rings. The molecule has 0 aliphatic rings. The van der Waals surface area contributed by atoms with Crippen LogP contribution in [0.5, 0.6) is 5.75 Å². The van der Waals surface area contributed by atoms with Gasteiger partial charge in [-0.1, -0.05) is 19.9 Å². The predicted octanol–water partition coefficient (Wildman–Crippen LogP) is 3.28. The van der Waals surface area contributed by atoms with Gasteiger partial charge in [0.1, 0.15) is 0 Å². The Morgan fingerprint density at radius 2 is 2.12 bits per heavy atom. The molecule has 0 aliphatic carbocycles. The highest BCUT2D eigenvalue weighted by Crippen LogP contribution is 2.19. The fourth-order valence-electron chi connectivity index (χ4n) is 2.98. The number of nitrogens with zero attached hydrogens (tertiary/aromatic N) is 2. The number of benzene rings is 1. The summed E-state index contributed by atoms with van der Waals surface area (Å²) in [6.45, 7) is 8.55. The highest BCUT2D eigenvalue weighted by atomic mass is 19.1. The number of nitrogens with one attached hydrogen (secondary N) is 1. The average Bonchev–Trinajstić information content (AvgIpc) is 2.58. The summed E-state index contributed by atoms with van der Waals surface area (Å²) in [5, 5.41) is 12.6. The molecular formula is C20H34FN3O2. The smallest absolute Gasteiger partial charge is 0.193 e. The minimum atomic E-state index is -0.361. The zero-order chi connectivity index (χ0) is 19.5. The summed E-state index contributed by atoms with van der Waals surface area (Å²) in [6.07, 6.45) is 1.80. The van der Waals surface area contributed by atoms with E-state index in [4.69, 9.17) is 9.73 Å². The van der Waals surface area contributed by atoms with Crippen LogP contribution in [-0.4, -0.2) is 49.8 Å². The number of methoxy groups -OCH3 is 1. The van der Waals surface area contributed by atoms with Crippen molar-refractivity contribution in [2.24, 2.45) is 16.8 Å². The maximum Gasteiger partial charge on any atom is 0.193 e. The van der Waals surface area contributed by atoms with E-state index >= 15 is 0 Å². The number of aliphatic hydroxyl groups excluding tert-OH is 1. The Labute approximate surface area is 157 Å². The molecule has 1 unspecified atom stereocenters. The number of hydrogen-bond acceptors (Lipinski definition) is 3. The number of ether oxygens (including phenoxy) is 1. The van der Waals surface area contributed by atoms with Crippen molar-refractivity contribution in [1.82, 2.24) is 10.2 Å². The highest BCUT2D eigenvalue weighted by molar-refractivity contribution is 5.79. The van der Waals surface area contributed by atoms with Gasteiger partial charge in [-0.05, 0) is 49.3 Å². The van der Waals surface area contributed by atoms with Gasteiger partial charge in [-0.3, -0.25) is 4.99 Å². The molecule has 2 N–H and O–H groups in total. The van der Waals surface area contributed by atoms with Gasteiger partial charge < -0.3 is 20.1 Å². The summed E-state index contributed by atoms with van der Waals surface area (Å²) in [5.41, 5.74) is 0.852. The minimum absolute atomic E-state index is 0.185. The van der Waals surface area contributed by atoms with Crippen LogP contribution in [0.25, 0.3) is 0 Å². The van der Waals surface area contributed by atoms with Gasteiger partial charge in [-0.15, -0.1) is 0 Å². The molecule has 1 aromatic carbocycles. The molecule has 0 bridgehead atoms. The second kappa shape index (κ2) is 11.7. The second-order valence-corrected chi connectivity index (χ2v) is 7.03. The number of hydrogen-bond donors (Lipinski definition) is 2. The quantitative estimate of drug-likeness (QED) is 0.492. The van der Waals surface area contributed by atoms with Gasteiger partial charge in [0.05, 0.1) is 7.11 Å². The third kappa shape index (κ3) is 7.60. The van der Waals surface area contributed by atoms with Gasteiger partial charge in [-0.25, -0.2) is 4.39 Å². The first-order valence-corrected chi connectivity index (χ1v) is 9.33. The molecule has 0 heterocycles. The topological polar surface area (TPSA) is 57.1 Å². The predicted molar refractivity (Wildman–Crippen MR) is 105 cm³/mol. The van der Waals surface area contributed by atoms with E-state index in [9.17, 15) is 9.50 Å². The lowest BCUT2D eigenvalue weighted by molar-refractivity contribution is 0.245. The molecule has 0 saturated heterocycles. The van der Waals surface area contributed by atoms with E-state index in [-0.39, 0.29) is 18.2 Å². The summed E-state index contributed by atoms with van der Waals surface area (Å²) >= 11 is 0. The SMILES string of the molecule is CCNC(=NCC(CCO)CC(C)C)N(C)Cc1ccc(OC)c(F)c1. The summed E-state index contributed by atoms with van der Waals surface area (Å²) < 4.78 is 18.9. The van der Waals surface area contributed by atoms with E-state index in [0.717, 1.165) is 30.9 Å². The molecule has 1 atom stereocenters. The molecule has 148 valence electrons. The number of halogens is 1. The molecule has 0 saturated carbocycles. The summed E-state index contributed by atoms with van der Waals surface area (Å²) in [7, 11) is 3.40. The van der Waals surface area contributed by atoms with E-state index in [1.54, 1.807) is 6.07 Å². The van der Waals surface area contributed by atoms with Gasteiger partial charge in [-0.2, -0.15) is 0 Å². The number of guanidine groups is 1. The van der Waals surface area contributed by atoms with Gasteiger partial charge in [0.25, 0.3) is 0 Å². The molecule has 26 heavy (non-hydrogen) atoms. The molecule has 1 aromatic rings. The molecule has 0 radical (unpaired) electrons. The Bertz CT molecular complexity index is 564. The third-order valence-electron chi connectivity index (χ3n) is 4.17. The maximum atomic E-state index is 13.9. The first-order valence-electron chi connectivity index (χ1n) is 9.33. The molecule has 5 nitrogen and oxygen atoms in total. The fraction of sp³-hybridized carbons (Fsp3) is 0.650. The van der Waals surface area contributed by atoms with Crippen molar-refractivity contribution >= 4 is 5.96 Å². The highest BCUT2D eigenvalue weighted by Gasteiger charge is 2.13. The standard InChI is InChI=1S/C20H34FN3O2/c1-6-22-20(23-13-16(9-10-25)11-15(2)3)24(4)14-17-7-8-19(26-5)18(21)12-17/h7-8,12,15-16,25H,6,9-11,13-14H2,1-5H3,(H,22,23). The average molecular weight is 368 g/mol. The largest absolute Gasteiger partial charge is 0.494 e. The van der Waals surface area contributed by atoms with E-state index in [2.05, 4.69) is 19.2 Å². The van der Waals surface area contributed by atoms with E-state index in [1.165, 1.54) is 13.2 Å². The Balaban J connectivity index is 2.81. The molecular weight excluding hydrogens is 333 g/mol. The Morgan fingerprint density at radius 1 is 1.38 bits per heavy atom. The summed E-state index contributed by atoms with van der Waals surface area (Å²) in [5.74, 6) is 1.61. The third-order valence-corrected chi connectivity index (χ3v) is 4.17. The lowest BCUT2D eigenvalue weighted by Crippen LogP contribution is -2.39. The van der Waals surface area contributed by atoms with Crippen LogP contribution in [-0.2, 0) is 6.54 Å². The van der Waals surface area contributed by atoms with Crippen molar-refractivity contribution in [2.75, 3.05) is 33.9 Å². The van der Waals surface area contributed by atoms with E-state index < -0.39 is 0 Å². The Kier molecular flexibility index (Phi) is 10.0. The Hall–Kier alpha value is -1.82. The van der Waals surface area contributed by atoms with Gasteiger partial charge >= 0.3 is 0 Å². The fourth-order valence-corrected chi connectivity index (χ4v) is 2.98. The zero-order valence-corrected chi connectivity index (χ0v) is 16.8. The first-order chi connectivity index (χ1) is 12.4. The summed E-state index contributed by atoms with van der Waals surface area (Å²) in [4.78, 5) is 6.72. The van der Waals surface area contributed by atoms with Crippen LogP contribution in [0.3, 0.4) is 0 Å². The van der Waals surface area contributed by atoms with Crippen LogP contribution in [0, 0.1) is 17.7 Å². The van der Waals surface area contributed by atoms with Crippen molar-refractivity contribution in [2.45, 2.75) is 40.2 Å². The number of aliphatic imine (C=N–C) groups is 1. The van der Waals surface area contributed by atoms with Crippen LogP contribution in [0.4, 0.5) is 4.39 Å². The van der Waals surface area contributed by atoms with Crippen molar-refractivity contribution in [3.8, 4) is 5.75 Å². The van der Waals surface area contributed by atoms with Crippen LogP contribution < -0.4 is 10.1 Å². The molecule has 6 heteroatoms. The maximum absolute atomic E-state index is 13.9. The molecule has 0 amide bonds. The van der Waals surface area contributed by atoms with Crippen LogP contribution in [0.2, 0.25) is 0 Å². The van der Waals surface area contributed by atoms with Gasteiger partial charge in [0.15, 0.2) is 17.5 Å². The van der Waals surface area contributed by atoms with E-state index in [0.29, 0.717) is 24.9 Å². The second-order valence-electron chi connectivity index (χ2n) is 7.03. The molecule has 1 rings (SSSR count). The number of rotatable bonds is 10. The zero-order valence-electron chi connectivity index (χ0n) is 16.8. The normalized spacial score (nSPS) is 13.0. The molecule has 0 aliphatic heterocycles. The first kappa shape index (κ1) is 22.2. The lowest BCUT2D eigenvalue weighted by Gasteiger charge is -2.24. The van der Waals surface area contributed by atoms with Gasteiger partial charge in [0, 0.05) is 33.3 Å². The van der Waals surface area contributed by atoms with Crippen molar-refractivity contribution in [1.29, 1.82) is 0 Å². The van der Waals surface area contributed by atoms with Crippen molar-refractivity contribution in [3.05, 3.63) is 29.6 Å². The molecule has 0 aromatic heterocycles. The van der Waals surface area contributed by atoms with Crippen LogP contribution in [0.15, 0.2) is 23.2 Å².